The molecule has 1 aliphatic rings. The molecule has 1 amide bonds. The lowest BCUT2D eigenvalue weighted by atomic mass is 10.1. The van der Waals surface area contributed by atoms with Crippen molar-refractivity contribution in [2.75, 3.05) is 6.54 Å². The Morgan fingerprint density at radius 2 is 2.12 bits per heavy atom. The smallest absolute Gasteiger partial charge is 0.257 e. The molecule has 0 saturated carbocycles. The summed E-state index contributed by atoms with van der Waals surface area (Å²) in [5.41, 5.74) is 0.724. The number of carbonyl (C=O) groups is 1. The molecule has 2 atom stereocenters. The molecule has 1 aromatic carbocycles. The molecule has 92 valence electrons. The first kappa shape index (κ1) is 12.1. The monoisotopic (exact) mass is 235 g/mol. The van der Waals surface area contributed by atoms with Crippen molar-refractivity contribution < 1.29 is 9.18 Å². The van der Waals surface area contributed by atoms with E-state index in [4.69, 9.17) is 0 Å². The number of benzene rings is 1. The van der Waals surface area contributed by atoms with Crippen LogP contribution >= 0.6 is 0 Å². The highest BCUT2D eigenvalue weighted by Crippen LogP contribution is 2.25. The molecule has 1 aliphatic heterocycles. The molecule has 2 nitrogen and oxygen atoms in total. The first-order chi connectivity index (χ1) is 8.00. The number of nitrogens with zero attached hydrogens (tertiary/aromatic N) is 1. The van der Waals surface area contributed by atoms with Crippen LogP contribution in [0.3, 0.4) is 0 Å². The van der Waals surface area contributed by atoms with Crippen LogP contribution in [0.1, 0.15) is 36.2 Å². The van der Waals surface area contributed by atoms with Gasteiger partial charge in [0.05, 0.1) is 5.56 Å². The van der Waals surface area contributed by atoms with Gasteiger partial charge in [-0.1, -0.05) is 19.1 Å². The topological polar surface area (TPSA) is 20.3 Å². The third kappa shape index (κ3) is 2.19. The number of rotatable bonds is 1. The Bertz CT molecular complexity index is 444. The molecule has 0 aromatic heterocycles. The number of aryl methyl sites for hydroxylation is 1. The SMILES string of the molecule is Cc1cccc(C(=O)N2CC(C)CC2C)c1F. The minimum atomic E-state index is -0.385. The van der Waals surface area contributed by atoms with E-state index in [2.05, 4.69) is 6.92 Å². The van der Waals surface area contributed by atoms with Crippen molar-refractivity contribution in [1.29, 1.82) is 0 Å². The summed E-state index contributed by atoms with van der Waals surface area (Å²) in [5, 5.41) is 0. The van der Waals surface area contributed by atoms with E-state index in [1.54, 1.807) is 30.0 Å². The summed E-state index contributed by atoms with van der Waals surface area (Å²) in [5.74, 6) is -0.0610. The van der Waals surface area contributed by atoms with Crippen molar-refractivity contribution >= 4 is 5.91 Å². The number of halogens is 1. The number of likely N-dealkylation sites (tertiary alicyclic amines) is 1. The molecule has 0 aliphatic carbocycles. The van der Waals surface area contributed by atoms with Crippen molar-refractivity contribution in [3.63, 3.8) is 0 Å². The Morgan fingerprint density at radius 3 is 2.71 bits per heavy atom. The van der Waals surface area contributed by atoms with Crippen LogP contribution in [0, 0.1) is 18.7 Å². The molecule has 0 N–H and O–H groups in total. The Kier molecular flexibility index (Phi) is 3.18. The van der Waals surface area contributed by atoms with Gasteiger partial charge >= 0.3 is 0 Å². The van der Waals surface area contributed by atoms with E-state index in [0.717, 1.165) is 13.0 Å². The summed E-state index contributed by atoms with van der Waals surface area (Å²) in [6.07, 6.45) is 0.999. The molecule has 17 heavy (non-hydrogen) atoms. The maximum Gasteiger partial charge on any atom is 0.257 e. The molecule has 3 heteroatoms. The van der Waals surface area contributed by atoms with Gasteiger partial charge in [-0.25, -0.2) is 4.39 Å². The zero-order valence-corrected chi connectivity index (χ0v) is 10.5. The van der Waals surface area contributed by atoms with E-state index in [0.29, 0.717) is 11.5 Å². The highest BCUT2D eigenvalue weighted by molar-refractivity contribution is 5.95. The first-order valence-electron chi connectivity index (χ1n) is 6.06. The molecular weight excluding hydrogens is 217 g/mol. The van der Waals surface area contributed by atoms with E-state index in [1.165, 1.54) is 0 Å². The average Bonchev–Trinajstić information content (AvgIpc) is 2.61. The summed E-state index contributed by atoms with van der Waals surface area (Å²) >= 11 is 0. The third-order valence-corrected chi connectivity index (χ3v) is 3.47. The van der Waals surface area contributed by atoms with Crippen molar-refractivity contribution in [3.8, 4) is 0 Å². The highest BCUT2D eigenvalue weighted by Gasteiger charge is 2.31. The maximum absolute atomic E-state index is 13.9. The van der Waals surface area contributed by atoms with Crippen molar-refractivity contribution in [3.05, 3.63) is 35.1 Å². The standard InChI is InChI=1S/C14H18FNO/c1-9-7-11(3)16(8-9)14(17)12-6-4-5-10(2)13(12)15/h4-6,9,11H,7-8H2,1-3H3. The van der Waals surface area contributed by atoms with Crippen LogP contribution in [0.25, 0.3) is 0 Å². The number of hydrogen-bond acceptors (Lipinski definition) is 1. The molecule has 1 saturated heterocycles. The molecule has 0 bridgehead atoms. The minimum absolute atomic E-state index is 0.178. The second kappa shape index (κ2) is 4.47. The Morgan fingerprint density at radius 1 is 1.41 bits per heavy atom. The molecular formula is C14H18FNO. The summed E-state index contributed by atoms with van der Waals surface area (Å²) in [7, 11) is 0. The van der Waals surface area contributed by atoms with Gasteiger partial charge in [0.25, 0.3) is 5.91 Å². The van der Waals surface area contributed by atoms with Gasteiger partial charge in [-0.2, -0.15) is 0 Å². The van der Waals surface area contributed by atoms with Gasteiger partial charge in [-0.3, -0.25) is 4.79 Å². The number of carbonyl (C=O) groups excluding carboxylic acids is 1. The average molecular weight is 235 g/mol. The van der Waals surface area contributed by atoms with Crippen molar-refractivity contribution in [2.24, 2.45) is 5.92 Å². The van der Waals surface area contributed by atoms with Crippen LogP contribution in [-0.2, 0) is 0 Å². The summed E-state index contributed by atoms with van der Waals surface area (Å²) in [6.45, 7) is 6.56. The molecule has 1 fully saturated rings. The van der Waals surface area contributed by atoms with Crippen LogP contribution in [0.4, 0.5) is 4.39 Å². The van der Waals surface area contributed by atoms with Crippen molar-refractivity contribution in [2.45, 2.75) is 33.2 Å². The second-order valence-corrected chi connectivity index (χ2v) is 5.08. The van der Waals surface area contributed by atoms with Crippen molar-refractivity contribution in [1.82, 2.24) is 4.90 Å². The van der Waals surface area contributed by atoms with E-state index in [9.17, 15) is 9.18 Å². The quantitative estimate of drug-likeness (QED) is 0.732. The summed E-state index contributed by atoms with van der Waals surface area (Å²) in [4.78, 5) is 14.0. The lowest BCUT2D eigenvalue weighted by molar-refractivity contribution is 0.0739. The highest BCUT2D eigenvalue weighted by atomic mass is 19.1. The fraction of sp³-hybridized carbons (Fsp3) is 0.500. The fourth-order valence-corrected chi connectivity index (χ4v) is 2.55. The largest absolute Gasteiger partial charge is 0.336 e. The van der Waals surface area contributed by atoms with Crippen LogP contribution < -0.4 is 0 Å². The van der Waals surface area contributed by atoms with E-state index < -0.39 is 0 Å². The predicted molar refractivity (Wildman–Crippen MR) is 65.4 cm³/mol. The molecule has 2 rings (SSSR count). The maximum atomic E-state index is 13.9. The number of hydrogen-bond donors (Lipinski definition) is 0. The van der Waals surface area contributed by atoms with Crippen LogP contribution in [0.15, 0.2) is 18.2 Å². The lowest BCUT2D eigenvalue weighted by Crippen LogP contribution is -2.34. The van der Waals surface area contributed by atoms with Gasteiger partial charge in [0.15, 0.2) is 0 Å². The normalized spacial score (nSPS) is 24.1. The van der Waals surface area contributed by atoms with E-state index >= 15 is 0 Å². The van der Waals surface area contributed by atoms with Crippen LogP contribution in [0.5, 0.6) is 0 Å². The molecule has 1 heterocycles. The van der Waals surface area contributed by atoms with Gasteiger partial charge < -0.3 is 4.90 Å². The van der Waals surface area contributed by atoms with Crippen LogP contribution in [0.2, 0.25) is 0 Å². The third-order valence-electron chi connectivity index (χ3n) is 3.47. The molecule has 2 unspecified atom stereocenters. The summed E-state index contributed by atoms with van der Waals surface area (Å²) in [6, 6.07) is 5.19. The van der Waals surface area contributed by atoms with Gasteiger partial charge in [-0.05, 0) is 37.8 Å². The van der Waals surface area contributed by atoms with E-state index in [-0.39, 0.29) is 23.3 Å². The zero-order chi connectivity index (χ0) is 12.6. The second-order valence-electron chi connectivity index (χ2n) is 5.08. The fourth-order valence-electron chi connectivity index (χ4n) is 2.55. The summed E-state index contributed by atoms with van der Waals surface area (Å²) < 4.78 is 13.9. The Balaban J connectivity index is 2.29. The van der Waals surface area contributed by atoms with E-state index in [1.807, 2.05) is 6.92 Å². The lowest BCUT2D eigenvalue weighted by Gasteiger charge is -2.22. The van der Waals surface area contributed by atoms with Gasteiger partial charge in [0.1, 0.15) is 5.82 Å². The first-order valence-corrected chi connectivity index (χ1v) is 6.06. The zero-order valence-electron chi connectivity index (χ0n) is 10.5. The van der Waals surface area contributed by atoms with Gasteiger partial charge in [0.2, 0.25) is 0 Å². The Hall–Kier alpha value is -1.38. The van der Waals surface area contributed by atoms with Crippen LogP contribution in [-0.4, -0.2) is 23.4 Å². The number of amides is 1. The molecule has 0 spiro atoms. The predicted octanol–water partition coefficient (Wildman–Crippen LogP) is 3.00. The minimum Gasteiger partial charge on any atom is -0.336 e. The Labute approximate surface area is 101 Å². The van der Waals surface area contributed by atoms with Gasteiger partial charge in [-0.15, -0.1) is 0 Å². The molecule has 0 radical (unpaired) electrons. The van der Waals surface area contributed by atoms with Gasteiger partial charge in [0, 0.05) is 12.6 Å². The molecule has 1 aromatic rings.